The van der Waals surface area contributed by atoms with E-state index in [9.17, 15) is 0 Å². The molecule has 3 atom stereocenters. The average molecular weight is 461 g/mol. The Morgan fingerprint density at radius 3 is 2.27 bits per heavy atom. The van der Waals surface area contributed by atoms with E-state index in [4.69, 9.17) is 19.9 Å². The van der Waals surface area contributed by atoms with Crippen molar-refractivity contribution in [1.29, 1.82) is 0 Å². The van der Waals surface area contributed by atoms with Crippen molar-refractivity contribution in [2.24, 2.45) is 0 Å². The number of hydrogen-bond acceptors (Lipinski definition) is 3. The summed E-state index contributed by atoms with van der Waals surface area (Å²) in [4.78, 5) is 0. The highest BCUT2D eigenvalue weighted by Crippen LogP contribution is 2.34. The van der Waals surface area contributed by atoms with Crippen molar-refractivity contribution in [3.8, 4) is 0 Å². The van der Waals surface area contributed by atoms with Crippen LogP contribution in [0.5, 0.6) is 0 Å². The van der Waals surface area contributed by atoms with Crippen molar-refractivity contribution in [2.45, 2.75) is 82.6 Å². The Bertz CT molecular complexity index is 733. The third kappa shape index (κ3) is 4.94. The largest absolute Gasteiger partial charge is 0.420 e. The molecule has 6 heteroatoms. The van der Waals surface area contributed by atoms with Crippen LogP contribution >= 0.6 is 0 Å². The fourth-order valence-corrected chi connectivity index (χ4v) is 16.7. The van der Waals surface area contributed by atoms with Gasteiger partial charge in [-0.15, -0.1) is 6.58 Å². The molecule has 3 unspecified atom stereocenters. The number of rotatable bonds is 6. The molecule has 1 aromatic carbocycles. The van der Waals surface area contributed by atoms with Crippen LogP contribution in [0.15, 0.2) is 23.9 Å². The molecule has 0 aliphatic carbocycles. The monoisotopic (exact) mass is 460 g/mol. The highest BCUT2D eigenvalue weighted by Gasteiger charge is 2.44. The maximum absolute atomic E-state index is 6.86. The number of benzene rings is 1. The molecule has 30 heavy (non-hydrogen) atoms. The van der Waals surface area contributed by atoms with E-state index < -0.39 is 26.4 Å². The molecule has 3 nitrogen and oxygen atoms in total. The quantitative estimate of drug-likeness (QED) is 0.585. The lowest BCUT2D eigenvalue weighted by Gasteiger charge is -2.40. The first-order chi connectivity index (χ1) is 14.6. The first-order valence-electron chi connectivity index (χ1n) is 12.2. The average Bonchev–Trinajstić information content (AvgIpc) is 2.79. The molecule has 3 aliphatic heterocycles. The van der Waals surface area contributed by atoms with E-state index in [2.05, 4.69) is 26.0 Å². The summed E-state index contributed by atoms with van der Waals surface area (Å²) in [6.45, 7) is 12.2. The van der Waals surface area contributed by atoms with E-state index >= 15 is 0 Å². The van der Waals surface area contributed by atoms with Crippen LogP contribution in [0.1, 0.15) is 55.2 Å². The molecule has 3 aliphatic rings. The maximum atomic E-state index is 6.86. The molecule has 0 bridgehead atoms. The highest BCUT2D eigenvalue weighted by molar-refractivity contribution is 6.94. The minimum atomic E-state index is -2.20. The molecule has 0 N–H and O–H groups in total. The van der Waals surface area contributed by atoms with Crippen LogP contribution in [0.25, 0.3) is 0 Å². The summed E-state index contributed by atoms with van der Waals surface area (Å²) in [6.07, 6.45) is 7.66. The molecular weight excluding hydrogens is 421 g/mol. The maximum Gasteiger partial charge on any atom is 0.251 e. The van der Waals surface area contributed by atoms with E-state index in [1.807, 2.05) is 0 Å². The summed E-state index contributed by atoms with van der Waals surface area (Å²) in [5, 5.41) is 2.97. The predicted octanol–water partition coefficient (Wildman–Crippen LogP) is 4.51. The summed E-state index contributed by atoms with van der Waals surface area (Å²) in [6, 6.07) is 10.9. The smallest absolute Gasteiger partial charge is 0.251 e. The molecular formula is C24H40O3Si3. The van der Waals surface area contributed by atoms with Crippen molar-refractivity contribution in [3.05, 3.63) is 40.6 Å². The van der Waals surface area contributed by atoms with Crippen LogP contribution in [-0.4, -0.2) is 46.2 Å². The first kappa shape index (κ1) is 22.7. The first-order valence-corrected chi connectivity index (χ1v) is 18.6. The van der Waals surface area contributed by atoms with E-state index in [0.29, 0.717) is 0 Å². The molecule has 166 valence electrons. The van der Waals surface area contributed by atoms with Gasteiger partial charge < -0.3 is 13.3 Å². The van der Waals surface area contributed by atoms with Crippen LogP contribution in [0.3, 0.4) is 0 Å². The van der Waals surface area contributed by atoms with Gasteiger partial charge in [0, 0.05) is 19.8 Å². The van der Waals surface area contributed by atoms with Crippen molar-refractivity contribution >= 4 is 31.6 Å². The number of allylic oxidation sites excluding steroid dienone is 1. The molecule has 4 rings (SSSR count). The van der Waals surface area contributed by atoms with Gasteiger partial charge in [0.2, 0.25) is 0 Å². The molecule has 3 saturated heterocycles. The van der Waals surface area contributed by atoms with E-state index in [-0.39, 0.29) is 0 Å². The van der Waals surface area contributed by atoms with Crippen LogP contribution in [0.2, 0.25) is 24.2 Å². The summed E-state index contributed by atoms with van der Waals surface area (Å²) in [5.41, 5.74) is 4.47. The van der Waals surface area contributed by atoms with Gasteiger partial charge in [0.15, 0.2) is 18.1 Å². The van der Waals surface area contributed by atoms with Crippen LogP contribution in [0.4, 0.5) is 0 Å². The fraction of sp³-hybridized carbons (Fsp3) is 0.667. The van der Waals surface area contributed by atoms with E-state index in [0.717, 1.165) is 25.9 Å². The van der Waals surface area contributed by atoms with Gasteiger partial charge in [-0.2, -0.15) is 0 Å². The highest BCUT2D eigenvalue weighted by atomic mass is 28.4. The molecule has 3 fully saturated rings. The lowest BCUT2D eigenvalue weighted by Crippen LogP contribution is -2.57. The SMILES string of the molecule is C=C(C[SiH]1CCCCO1)[Si]1(c2ccc(C)c(C)c2C[SiH]2CCCCO2)CCCCO1. The lowest BCUT2D eigenvalue weighted by atomic mass is 10.0. The third-order valence-corrected chi connectivity index (χ3v) is 17.8. The van der Waals surface area contributed by atoms with Crippen molar-refractivity contribution in [3.63, 3.8) is 0 Å². The molecule has 0 aromatic heterocycles. The molecule has 3 heterocycles. The number of aryl methyl sites for hydroxylation is 1. The van der Waals surface area contributed by atoms with Crippen LogP contribution in [0, 0.1) is 13.8 Å². The zero-order valence-corrected chi connectivity index (χ0v) is 22.5. The van der Waals surface area contributed by atoms with E-state index in [1.54, 1.807) is 10.8 Å². The van der Waals surface area contributed by atoms with Crippen molar-refractivity contribution < 1.29 is 13.3 Å². The standard InChI is InChI=1S/C24H40O3Si3/c1-20-10-11-24(23(22(20)3)19-29-16-8-5-13-26-29)30(17-9-6-14-27-30)21(2)18-28-15-7-4-12-25-28/h10-11,28-29H,2,4-9,12-19H2,1,3H3. The van der Waals surface area contributed by atoms with Gasteiger partial charge in [0.05, 0.1) is 0 Å². The minimum Gasteiger partial charge on any atom is -0.420 e. The summed E-state index contributed by atoms with van der Waals surface area (Å²) >= 11 is 0. The molecule has 0 saturated carbocycles. The predicted molar refractivity (Wildman–Crippen MR) is 133 cm³/mol. The second-order valence-electron chi connectivity index (χ2n) is 9.66. The summed E-state index contributed by atoms with van der Waals surface area (Å²) < 4.78 is 19.4. The van der Waals surface area contributed by atoms with Gasteiger partial charge in [-0.3, -0.25) is 0 Å². The Kier molecular flexibility index (Phi) is 7.86. The lowest BCUT2D eigenvalue weighted by molar-refractivity contribution is 0.277. The van der Waals surface area contributed by atoms with Gasteiger partial charge >= 0.3 is 0 Å². The molecule has 1 aromatic rings. The zero-order chi connectivity index (χ0) is 21.0. The normalized spacial score (nSPS) is 30.2. The summed E-state index contributed by atoms with van der Waals surface area (Å²) in [5.74, 6) is 0. The Balaban J connectivity index is 1.67. The van der Waals surface area contributed by atoms with Gasteiger partial charge in [0.25, 0.3) is 8.32 Å². The summed E-state index contributed by atoms with van der Waals surface area (Å²) in [7, 11) is -4.52. The van der Waals surface area contributed by atoms with Crippen molar-refractivity contribution in [1.82, 2.24) is 0 Å². The number of hydrogen-bond donors (Lipinski definition) is 0. The van der Waals surface area contributed by atoms with Crippen LogP contribution < -0.4 is 5.19 Å². The Morgan fingerprint density at radius 2 is 1.63 bits per heavy atom. The van der Waals surface area contributed by atoms with E-state index in [1.165, 1.54) is 79.0 Å². The topological polar surface area (TPSA) is 27.7 Å². The Hall–Kier alpha value is -0.509. The zero-order valence-electron chi connectivity index (χ0n) is 19.1. The van der Waals surface area contributed by atoms with Crippen LogP contribution in [-0.2, 0) is 19.3 Å². The molecule has 0 amide bonds. The second-order valence-corrected chi connectivity index (χ2v) is 18.5. The minimum absolute atomic E-state index is 0.905. The molecule has 0 radical (unpaired) electrons. The fourth-order valence-electron chi connectivity index (χ4n) is 5.60. The van der Waals surface area contributed by atoms with Crippen molar-refractivity contribution in [2.75, 3.05) is 19.8 Å². The second kappa shape index (κ2) is 10.4. The molecule has 0 spiro atoms. The van der Waals surface area contributed by atoms with Gasteiger partial charge in [-0.1, -0.05) is 36.6 Å². The third-order valence-electron chi connectivity index (χ3n) is 7.60. The van der Waals surface area contributed by atoms with Gasteiger partial charge in [-0.25, -0.2) is 0 Å². The van der Waals surface area contributed by atoms with Gasteiger partial charge in [0.1, 0.15) is 0 Å². The Labute approximate surface area is 187 Å². The van der Waals surface area contributed by atoms with Gasteiger partial charge in [-0.05, 0) is 85.2 Å². The Morgan fingerprint density at radius 1 is 0.933 bits per heavy atom.